The number of anilines is 1. The van der Waals surface area contributed by atoms with Crippen LogP contribution in [-0.2, 0) is 0 Å². The van der Waals surface area contributed by atoms with Gasteiger partial charge in [-0.2, -0.15) is 4.98 Å². The van der Waals surface area contributed by atoms with Crippen molar-refractivity contribution < 1.29 is 4.52 Å². The number of hydrogen-bond donors (Lipinski definition) is 1. The summed E-state index contributed by atoms with van der Waals surface area (Å²) in [7, 11) is 0. The van der Waals surface area contributed by atoms with Crippen molar-refractivity contribution in [3.05, 3.63) is 5.82 Å². The van der Waals surface area contributed by atoms with Gasteiger partial charge >= 0.3 is 6.01 Å². The van der Waals surface area contributed by atoms with Gasteiger partial charge in [-0.1, -0.05) is 19.0 Å². The van der Waals surface area contributed by atoms with E-state index in [1.807, 2.05) is 6.92 Å². The van der Waals surface area contributed by atoms with Gasteiger partial charge in [-0.05, 0) is 25.2 Å². The van der Waals surface area contributed by atoms with Crippen LogP contribution in [0.3, 0.4) is 0 Å². The normalized spacial score (nSPS) is 25.3. The Morgan fingerprint density at radius 1 is 1.54 bits per heavy atom. The van der Waals surface area contributed by atoms with Crippen LogP contribution in [0.15, 0.2) is 4.52 Å². The molecule has 4 heteroatoms. The first-order valence-electron chi connectivity index (χ1n) is 4.65. The average Bonchev–Trinajstić information content (AvgIpc) is 2.46. The van der Waals surface area contributed by atoms with E-state index in [-0.39, 0.29) is 0 Å². The standard InChI is InChI=1S/C9H15N3O/c1-6-10-8(13-12-6)11-7-4-5-9(7,2)3/h7H,4-5H2,1-3H3,(H,10,11,12). The Morgan fingerprint density at radius 2 is 2.31 bits per heavy atom. The predicted octanol–water partition coefficient (Wildman–Crippen LogP) is 1.98. The van der Waals surface area contributed by atoms with Gasteiger partial charge in [0.2, 0.25) is 0 Å². The highest BCUT2D eigenvalue weighted by Gasteiger charge is 2.39. The summed E-state index contributed by atoms with van der Waals surface area (Å²) in [6.45, 7) is 6.31. The minimum Gasteiger partial charge on any atom is -0.334 e. The zero-order valence-corrected chi connectivity index (χ0v) is 8.29. The summed E-state index contributed by atoms with van der Waals surface area (Å²) in [4.78, 5) is 4.11. The van der Waals surface area contributed by atoms with Crippen molar-refractivity contribution in [2.24, 2.45) is 5.41 Å². The van der Waals surface area contributed by atoms with E-state index in [1.54, 1.807) is 0 Å². The van der Waals surface area contributed by atoms with E-state index in [9.17, 15) is 0 Å². The third kappa shape index (κ3) is 1.53. The molecule has 1 atom stereocenters. The molecule has 0 radical (unpaired) electrons. The molecule has 1 aliphatic carbocycles. The second-order valence-electron chi connectivity index (χ2n) is 4.37. The fourth-order valence-corrected chi connectivity index (χ4v) is 1.64. The highest BCUT2D eigenvalue weighted by atomic mass is 16.5. The van der Waals surface area contributed by atoms with Crippen molar-refractivity contribution in [1.82, 2.24) is 10.1 Å². The lowest BCUT2D eigenvalue weighted by atomic mass is 9.67. The van der Waals surface area contributed by atoms with Crippen LogP contribution in [0.4, 0.5) is 6.01 Å². The van der Waals surface area contributed by atoms with Crippen molar-refractivity contribution in [3.8, 4) is 0 Å². The van der Waals surface area contributed by atoms with Crippen molar-refractivity contribution >= 4 is 6.01 Å². The monoisotopic (exact) mass is 181 g/mol. The SMILES string of the molecule is Cc1noc(NC2CCC2(C)C)n1. The summed E-state index contributed by atoms with van der Waals surface area (Å²) in [5, 5.41) is 6.98. The number of aryl methyl sites for hydroxylation is 1. The van der Waals surface area contributed by atoms with Crippen LogP contribution in [-0.4, -0.2) is 16.2 Å². The topological polar surface area (TPSA) is 51.0 Å². The van der Waals surface area contributed by atoms with E-state index >= 15 is 0 Å². The molecule has 1 aliphatic rings. The molecule has 2 rings (SSSR count). The zero-order chi connectivity index (χ0) is 9.47. The third-order valence-electron chi connectivity index (χ3n) is 2.85. The maximum Gasteiger partial charge on any atom is 0.321 e. The van der Waals surface area contributed by atoms with Crippen LogP contribution in [0.1, 0.15) is 32.5 Å². The number of nitrogens with one attached hydrogen (secondary N) is 1. The van der Waals surface area contributed by atoms with Gasteiger partial charge in [0.05, 0.1) is 0 Å². The number of aromatic nitrogens is 2. The minimum absolute atomic E-state index is 0.363. The van der Waals surface area contributed by atoms with Crippen LogP contribution in [0.25, 0.3) is 0 Å². The van der Waals surface area contributed by atoms with E-state index < -0.39 is 0 Å². The molecular formula is C9H15N3O. The van der Waals surface area contributed by atoms with Crippen molar-refractivity contribution in [2.45, 2.75) is 39.7 Å². The second kappa shape index (κ2) is 2.72. The molecule has 1 unspecified atom stereocenters. The molecule has 0 aromatic carbocycles. The lowest BCUT2D eigenvalue weighted by Gasteiger charge is -2.44. The molecule has 13 heavy (non-hydrogen) atoms. The highest BCUT2D eigenvalue weighted by molar-refractivity contribution is 5.24. The summed E-state index contributed by atoms with van der Waals surface area (Å²) < 4.78 is 4.99. The first-order chi connectivity index (χ1) is 6.08. The number of nitrogens with zero attached hydrogens (tertiary/aromatic N) is 2. The molecule has 0 bridgehead atoms. The molecule has 4 nitrogen and oxygen atoms in total. The maximum atomic E-state index is 4.99. The molecule has 0 amide bonds. The summed E-state index contributed by atoms with van der Waals surface area (Å²) in [5.74, 6) is 0.680. The van der Waals surface area contributed by atoms with Gasteiger partial charge in [0.25, 0.3) is 0 Å². The summed E-state index contributed by atoms with van der Waals surface area (Å²) in [6, 6.07) is 1.03. The quantitative estimate of drug-likeness (QED) is 0.758. The molecule has 0 aliphatic heterocycles. The average molecular weight is 181 g/mol. The van der Waals surface area contributed by atoms with Gasteiger partial charge in [0, 0.05) is 6.04 Å². The van der Waals surface area contributed by atoms with Crippen molar-refractivity contribution in [2.75, 3.05) is 5.32 Å². The van der Waals surface area contributed by atoms with Crippen LogP contribution >= 0.6 is 0 Å². The second-order valence-corrected chi connectivity index (χ2v) is 4.37. The number of rotatable bonds is 2. The van der Waals surface area contributed by atoms with E-state index in [0.717, 1.165) is 0 Å². The predicted molar refractivity (Wildman–Crippen MR) is 49.5 cm³/mol. The Hall–Kier alpha value is -1.06. The largest absolute Gasteiger partial charge is 0.334 e. The van der Waals surface area contributed by atoms with Gasteiger partial charge < -0.3 is 9.84 Å². The molecule has 1 fully saturated rings. The Labute approximate surface area is 77.7 Å². The van der Waals surface area contributed by atoms with Gasteiger partial charge in [-0.3, -0.25) is 0 Å². The molecule has 1 N–H and O–H groups in total. The van der Waals surface area contributed by atoms with E-state index in [4.69, 9.17) is 4.52 Å². The Balaban J connectivity index is 1.99. The molecule has 0 saturated heterocycles. The smallest absolute Gasteiger partial charge is 0.321 e. The maximum absolute atomic E-state index is 4.99. The lowest BCUT2D eigenvalue weighted by molar-refractivity contribution is 0.156. The minimum atomic E-state index is 0.363. The summed E-state index contributed by atoms with van der Waals surface area (Å²) in [5.41, 5.74) is 0.363. The van der Waals surface area contributed by atoms with Crippen LogP contribution < -0.4 is 5.32 Å². The first-order valence-corrected chi connectivity index (χ1v) is 4.65. The molecule has 0 spiro atoms. The van der Waals surface area contributed by atoms with Gasteiger partial charge in [-0.25, -0.2) is 0 Å². The van der Waals surface area contributed by atoms with Crippen LogP contribution in [0.5, 0.6) is 0 Å². The zero-order valence-electron chi connectivity index (χ0n) is 8.29. The van der Waals surface area contributed by atoms with Crippen LogP contribution in [0.2, 0.25) is 0 Å². The van der Waals surface area contributed by atoms with Crippen LogP contribution in [0, 0.1) is 12.3 Å². The van der Waals surface area contributed by atoms with Crippen molar-refractivity contribution in [3.63, 3.8) is 0 Å². The summed E-state index contributed by atoms with van der Waals surface area (Å²) >= 11 is 0. The molecular weight excluding hydrogens is 166 g/mol. The van der Waals surface area contributed by atoms with Gasteiger partial charge in [-0.15, -0.1) is 0 Å². The Kier molecular flexibility index (Phi) is 1.78. The molecule has 1 aromatic heterocycles. The third-order valence-corrected chi connectivity index (χ3v) is 2.85. The molecule has 1 heterocycles. The van der Waals surface area contributed by atoms with E-state index in [2.05, 4.69) is 29.3 Å². The van der Waals surface area contributed by atoms with Gasteiger partial charge in [0.1, 0.15) is 0 Å². The molecule has 1 saturated carbocycles. The fraction of sp³-hybridized carbons (Fsp3) is 0.778. The lowest BCUT2D eigenvalue weighted by Crippen LogP contribution is -2.45. The van der Waals surface area contributed by atoms with Gasteiger partial charge in [0.15, 0.2) is 5.82 Å². The Morgan fingerprint density at radius 3 is 2.69 bits per heavy atom. The fourth-order valence-electron chi connectivity index (χ4n) is 1.64. The molecule has 1 aromatic rings. The van der Waals surface area contributed by atoms with Crippen molar-refractivity contribution in [1.29, 1.82) is 0 Å². The van der Waals surface area contributed by atoms with E-state index in [0.29, 0.717) is 23.3 Å². The Bertz CT molecular complexity index is 306. The summed E-state index contributed by atoms with van der Waals surface area (Å²) in [6.07, 6.45) is 2.45. The number of hydrogen-bond acceptors (Lipinski definition) is 4. The van der Waals surface area contributed by atoms with E-state index in [1.165, 1.54) is 12.8 Å². The first kappa shape index (κ1) is 8.53. The highest BCUT2D eigenvalue weighted by Crippen LogP contribution is 2.41. The molecule has 72 valence electrons.